The van der Waals surface area contributed by atoms with E-state index in [2.05, 4.69) is 19.9 Å². The number of rotatable bonds is 3. The predicted octanol–water partition coefficient (Wildman–Crippen LogP) is 4.09. The fourth-order valence-electron chi connectivity index (χ4n) is 2.26. The van der Waals surface area contributed by atoms with E-state index in [0.29, 0.717) is 11.5 Å². The number of hydrogen-bond donors (Lipinski definition) is 1. The average Bonchev–Trinajstić information content (AvgIpc) is 3.01. The van der Waals surface area contributed by atoms with E-state index in [1.54, 1.807) is 6.20 Å². The molecule has 5 nitrogen and oxygen atoms in total. The number of H-pyrrole nitrogens is 1. The molecule has 0 aliphatic carbocycles. The Bertz CT molecular complexity index is 932. The second kappa shape index (κ2) is 5.73. The van der Waals surface area contributed by atoms with Crippen LogP contribution in [-0.2, 0) is 0 Å². The summed E-state index contributed by atoms with van der Waals surface area (Å²) in [5, 5.41) is 0.739. The Morgan fingerprint density at radius 1 is 0.913 bits per heavy atom. The van der Waals surface area contributed by atoms with Crippen LogP contribution in [0.25, 0.3) is 22.6 Å². The number of imidazole rings is 1. The third-order valence-electron chi connectivity index (χ3n) is 3.33. The van der Waals surface area contributed by atoms with Crippen LogP contribution in [0.3, 0.4) is 0 Å². The molecule has 111 valence electrons. The van der Waals surface area contributed by atoms with Crippen molar-refractivity contribution in [2.24, 2.45) is 0 Å². The molecule has 0 unspecified atom stereocenters. The molecular weight excluding hydrogens is 306 g/mol. The lowest BCUT2D eigenvalue weighted by atomic mass is 10.3. The molecule has 2 heterocycles. The number of hydrogen-bond acceptors (Lipinski definition) is 4. The van der Waals surface area contributed by atoms with Gasteiger partial charge in [-0.1, -0.05) is 42.1 Å². The third kappa shape index (κ3) is 2.76. The Morgan fingerprint density at radius 3 is 2.52 bits per heavy atom. The van der Waals surface area contributed by atoms with Crippen molar-refractivity contribution in [1.82, 2.24) is 25.7 Å². The zero-order chi connectivity index (χ0) is 15.6. The largest absolute Gasteiger partial charge is 0.337 e. The molecule has 0 fully saturated rings. The monoisotopic (exact) mass is 318 g/mol. The van der Waals surface area contributed by atoms with Crippen LogP contribution in [0.15, 0.2) is 70.7 Å². The van der Waals surface area contributed by atoms with Gasteiger partial charge in [0.05, 0.1) is 17.2 Å². The van der Waals surface area contributed by atoms with Gasteiger partial charge in [0.2, 0.25) is 0 Å². The number of fused-ring (bicyclic) bond motifs is 1. The lowest BCUT2D eigenvalue weighted by Gasteiger charge is -2.04. The van der Waals surface area contributed by atoms with E-state index in [-0.39, 0.29) is 5.82 Å². The van der Waals surface area contributed by atoms with E-state index >= 15 is 0 Å². The van der Waals surface area contributed by atoms with Crippen molar-refractivity contribution < 1.29 is 0 Å². The van der Waals surface area contributed by atoms with Gasteiger partial charge in [0.15, 0.2) is 17.3 Å². The van der Waals surface area contributed by atoms with Gasteiger partial charge in [-0.25, -0.2) is 15.0 Å². The van der Waals surface area contributed by atoms with E-state index in [4.69, 9.17) is 5.73 Å². The maximum atomic E-state index is 8.02. The molecule has 23 heavy (non-hydrogen) atoms. The van der Waals surface area contributed by atoms with E-state index in [9.17, 15) is 0 Å². The van der Waals surface area contributed by atoms with Gasteiger partial charge < -0.3 is 4.98 Å². The Morgan fingerprint density at radius 2 is 1.70 bits per heavy atom. The first-order valence-corrected chi connectivity index (χ1v) is 7.88. The van der Waals surface area contributed by atoms with Gasteiger partial charge in [-0.15, -0.1) is 0 Å². The Hall–Kier alpha value is -2.86. The first kappa shape index (κ1) is 13.8. The van der Waals surface area contributed by atoms with E-state index < -0.39 is 0 Å². The molecule has 4 rings (SSSR count). The number of benzene rings is 2. The minimum absolute atomic E-state index is 0.112. The summed E-state index contributed by atoms with van der Waals surface area (Å²) in [5.74, 6) is 0.681. The topological polar surface area (TPSA) is 78.3 Å². The summed E-state index contributed by atoms with van der Waals surface area (Å²) in [6.45, 7) is 0. The quantitative estimate of drug-likeness (QED) is 0.617. The number of nitrogens with one attached hydrogen (secondary N) is 2. The molecule has 0 aliphatic rings. The molecule has 2 aromatic heterocycles. The zero-order valence-electron chi connectivity index (χ0n) is 12.0. The van der Waals surface area contributed by atoms with Crippen LogP contribution in [-0.4, -0.2) is 19.9 Å². The van der Waals surface area contributed by atoms with Crippen LogP contribution >= 0.6 is 11.8 Å². The summed E-state index contributed by atoms with van der Waals surface area (Å²) < 4.78 is 0. The lowest BCUT2D eigenvalue weighted by molar-refractivity contribution is 1.03. The van der Waals surface area contributed by atoms with Gasteiger partial charge in [-0.2, -0.15) is 0 Å². The SMILES string of the molecule is [NH]c1ncc(Sc2ccccc2)nc1-c1nc2ccccc2[nH]1. The van der Waals surface area contributed by atoms with Gasteiger partial charge in [-0.05, 0) is 24.3 Å². The summed E-state index contributed by atoms with van der Waals surface area (Å²) in [4.78, 5) is 17.5. The zero-order valence-corrected chi connectivity index (χ0v) is 12.8. The summed E-state index contributed by atoms with van der Waals surface area (Å²) in [7, 11) is 0. The Balaban J connectivity index is 1.74. The van der Waals surface area contributed by atoms with Gasteiger partial charge in [0, 0.05) is 4.90 Å². The number of aromatic amines is 1. The second-order valence-electron chi connectivity index (χ2n) is 4.92. The van der Waals surface area contributed by atoms with Crippen molar-refractivity contribution in [2.45, 2.75) is 9.92 Å². The molecule has 0 atom stereocenters. The van der Waals surface area contributed by atoms with Crippen molar-refractivity contribution in [1.29, 1.82) is 0 Å². The lowest BCUT2D eigenvalue weighted by Crippen LogP contribution is -1.93. The van der Waals surface area contributed by atoms with Crippen LogP contribution in [0.4, 0.5) is 5.82 Å². The molecule has 0 saturated carbocycles. The number of para-hydroxylation sites is 2. The number of nitrogens with zero attached hydrogens (tertiary/aromatic N) is 3. The normalized spacial score (nSPS) is 11.0. The maximum Gasteiger partial charge on any atom is 0.174 e. The van der Waals surface area contributed by atoms with Crippen molar-refractivity contribution in [2.75, 3.05) is 0 Å². The van der Waals surface area contributed by atoms with Gasteiger partial charge in [0.25, 0.3) is 0 Å². The average molecular weight is 318 g/mol. The molecule has 2 aromatic carbocycles. The highest BCUT2D eigenvalue weighted by atomic mass is 32.2. The first-order chi connectivity index (χ1) is 11.3. The van der Waals surface area contributed by atoms with Gasteiger partial charge >= 0.3 is 0 Å². The molecule has 0 spiro atoms. The highest BCUT2D eigenvalue weighted by molar-refractivity contribution is 7.99. The molecule has 4 aromatic rings. The second-order valence-corrected chi connectivity index (χ2v) is 6.02. The summed E-state index contributed by atoms with van der Waals surface area (Å²) >= 11 is 1.51. The summed E-state index contributed by atoms with van der Waals surface area (Å²) in [5.41, 5.74) is 10.2. The Labute approximate surface area is 137 Å². The van der Waals surface area contributed by atoms with Crippen molar-refractivity contribution in [3.8, 4) is 11.5 Å². The standard InChI is InChI=1S/C17H12N5S/c18-16-15(17-20-12-8-4-5-9-13(12)21-17)22-14(10-19-16)23-11-6-2-1-3-7-11/h1-10,18H,(H,20,21). The molecule has 1 radical (unpaired) electrons. The highest BCUT2D eigenvalue weighted by Crippen LogP contribution is 2.29. The van der Waals surface area contributed by atoms with E-state index in [1.165, 1.54) is 11.8 Å². The fraction of sp³-hybridized carbons (Fsp3) is 0. The van der Waals surface area contributed by atoms with Crippen molar-refractivity contribution in [3.05, 3.63) is 60.8 Å². The van der Waals surface area contributed by atoms with Crippen LogP contribution in [0.5, 0.6) is 0 Å². The maximum absolute atomic E-state index is 8.02. The van der Waals surface area contributed by atoms with E-state index in [1.807, 2.05) is 54.6 Å². The number of aromatic nitrogens is 4. The molecule has 0 aliphatic heterocycles. The molecule has 2 N–H and O–H groups in total. The van der Waals surface area contributed by atoms with Gasteiger partial charge in [0.1, 0.15) is 5.03 Å². The summed E-state index contributed by atoms with van der Waals surface area (Å²) in [6, 6.07) is 17.7. The van der Waals surface area contributed by atoms with Crippen molar-refractivity contribution >= 4 is 28.6 Å². The minimum Gasteiger partial charge on any atom is -0.337 e. The fourth-order valence-corrected chi connectivity index (χ4v) is 3.04. The predicted molar refractivity (Wildman–Crippen MR) is 90.4 cm³/mol. The molecule has 0 bridgehead atoms. The summed E-state index contributed by atoms with van der Waals surface area (Å²) in [6.07, 6.45) is 1.62. The van der Waals surface area contributed by atoms with Crippen molar-refractivity contribution in [3.63, 3.8) is 0 Å². The van der Waals surface area contributed by atoms with Crippen LogP contribution < -0.4 is 5.73 Å². The first-order valence-electron chi connectivity index (χ1n) is 7.06. The molecular formula is C17H12N5S. The van der Waals surface area contributed by atoms with Crippen LogP contribution in [0, 0.1) is 0 Å². The highest BCUT2D eigenvalue weighted by Gasteiger charge is 2.13. The third-order valence-corrected chi connectivity index (χ3v) is 4.24. The molecule has 0 saturated heterocycles. The Kier molecular flexibility index (Phi) is 3.44. The van der Waals surface area contributed by atoms with Crippen LogP contribution in [0.1, 0.15) is 0 Å². The van der Waals surface area contributed by atoms with Crippen LogP contribution in [0.2, 0.25) is 0 Å². The minimum atomic E-state index is 0.112. The smallest absolute Gasteiger partial charge is 0.174 e. The molecule has 6 heteroatoms. The van der Waals surface area contributed by atoms with E-state index in [0.717, 1.165) is 21.0 Å². The molecule has 0 amide bonds. The van der Waals surface area contributed by atoms with Gasteiger partial charge in [-0.3, -0.25) is 5.73 Å².